The predicted molar refractivity (Wildman–Crippen MR) is 69.8 cm³/mol. The van der Waals surface area contributed by atoms with Crippen LogP contribution in [-0.2, 0) is 4.79 Å². The van der Waals surface area contributed by atoms with E-state index in [4.69, 9.17) is 0 Å². The van der Waals surface area contributed by atoms with Gasteiger partial charge in [0.15, 0.2) is 0 Å². The van der Waals surface area contributed by atoms with Crippen molar-refractivity contribution in [1.82, 2.24) is 10.2 Å². The molecule has 1 aliphatic heterocycles. The lowest BCUT2D eigenvalue weighted by Crippen LogP contribution is -2.55. The quantitative estimate of drug-likeness (QED) is 0.758. The molecule has 98 valence electrons. The van der Waals surface area contributed by atoms with Gasteiger partial charge >= 0.3 is 0 Å². The molecule has 1 aliphatic carbocycles. The third-order valence-electron chi connectivity index (χ3n) is 4.59. The molecule has 0 bridgehead atoms. The zero-order chi connectivity index (χ0) is 12.5. The Morgan fingerprint density at radius 1 is 1.35 bits per heavy atom. The molecule has 1 unspecified atom stereocenters. The number of nitrogens with one attached hydrogen (secondary N) is 1. The molecule has 0 spiro atoms. The average molecular weight is 238 g/mol. The van der Waals surface area contributed by atoms with E-state index in [9.17, 15) is 4.79 Å². The fraction of sp³-hybridized carbons (Fsp3) is 0.929. The van der Waals surface area contributed by atoms with Crippen LogP contribution in [0, 0.1) is 11.3 Å². The van der Waals surface area contributed by atoms with Crippen molar-refractivity contribution < 1.29 is 4.79 Å². The van der Waals surface area contributed by atoms with E-state index in [-0.39, 0.29) is 11.3 Å². The Bertz CT molecular complexity index is 288. The van der Waals surface area contributed by atoms with Crippen LogP contribution in [-0.4, -0.2) is 36.5 Å². The highest BCUT2D eigenvalue weighted by Crippen LogP contribution is 2.41. The van der Waals surface area contributed by atoms with Gasteiger partial charge in [0.25, 0.3) is 0 Å². The standard InChI is InChI=1S/C14H26N2O/c1-11-10-15-8-9-16(11)13(17)12-6-4-5-7-14(12,2)3/h11-12,15H,4-10H2,1-3H3/t11-,12?/m1/s1. The summed E-state index contributed by atoms with van der Waals surface area (Å²) in [6, 6.07) is 0.356. The van der Waals surface area contributed by atoms with E-state index in [1.54, 1.807) is 0 Å². The smallest absolute Gasteiger partial charge is 0.226 e. The number of nitrogens with zero attached hydrogens (tertiary/aromatic N) is 1. The van der Waals surface area contributed by atoms with E-state index >= 15 is 0 Å². The highest BCUT2D eigenvalue weighted by atomic mass is 16.2. The maximum atomic E-state index is 12.7. The molecular weight excluding hydrogens is 212 g/mol. The minimum atomic E-state index is 0.194. The molecule has 2 atom stereocenters. The van der Waals surface area contributed by atoms with Crippen molar-refractivity contribution in [2.24, 2.45) is 11.3 Å². The SMILES string of the molecule is C[C@@H]1CNCCN1C(=O)C1CCCCC1(C)C. The first-order valence-corrected chi connectivity index (χ1v) is 7.03. The fourth-order valence-corrected chi connectivity index (χ4v) is 3.32. The van der Waals surface area contributed by atoms with Crippen LogP contribution < -0.4 is 5.32 Å². The summed E-state index contributed by atoms with van der Waals surface area (Å²) in [6.45, 7) is 9.46. The highest BCUT2D eigenvalue weighted by Gasteiger charge is 2.40. The molecule has 3 heteroatoms. The zero-order valence-corrected chi connectivity index (χ0v) is 11.5. The number of hydrogen-bond acceptors (Lipinski definition) is 2. The van der Waals surface area contributed by atoms with Gasteiger partial charge in [-0.3, -0.25) is 4.79 Å². The van der Waals surface area contributed by atoms with Crippen LogP contribution in [0.4, 0.5) is 0 Å². The molecule has 1 N–H and O–H groups in total. The van der Waals surface area contributed by atoms with Crippen molar-refractivity contribution in [2.45, 2.75) is 52.5 Å². The Morgan fingerprint density at radius 3 is 2.76 bits per heavy atom. The van der Waals surface area contributed by atoms with Crippen LogP contribution in [0.1, 0.15) is 46.5 Å². The molecule has 2 aliphatic rings. The van der Waals surface area contributed by atoms with Gasteiger partial charge < -0.3 is 10.2 Å². The largest absolute Gasteiger partial charge is 0.337 e. The number of hydrogen-bond donors (Lipinski definition) is 1. The summed E-state index contributed by atoms with van der Waals surface area (Å²) in [5.74, 6) is 0.653. The summed E-state index contributed by atoms with van der Waals surface area (Å²) in [5, 5.41) is 3.35. The Kier molecular flexibility index (Phi) is 3.76. The van der Waals surface area contributed by atoms with Crippen molar-refractivity contribution in [3.05, 3.63) is 0 Å². The van der Waals surface area contributed by atoms with Crippen molar-refractivity contribution >= 4 is 5.91 Å². The van der Waals surface area contributed by atoms with E-state index in [1.807, 2.05) is 0 Å². The molecule has 17 heavy (non-hydrogen) atoms. The van der Waals surface area contributed by atoms with Crippen LogP contribution in [0.15, 0.2) is 0 Å². The van der Waals surface area contributed by atoms with E-state index in [0.717, 1.165) is 26.1 Å². The Balaban J connectivity index is 2.07. The van der Waals surface area contributed by atoms with E-state index in [2.05, 4.69) is 31.0 Å². The lowest BCUT2D eigenvalue weighted by molar-refractivity contribution is -0.144. The molecule has 3 nitrogen and oxygen atoms in total. The molecule has 0 aromatic heterocycles. The van der Waals surface area contributed by atoms with Crippen molar-refractivity contribution in [2.75, 3.05) is 19.6 Å². The first-order valence-electron chi connectivity index (χ1n) is 7.03. The second-order valence-electron chi connectivity index (χ2n) is 6.37. The minimum absolute atomic E-state index is 0.194. The Morgan fingerprint density at radius 2 is 2.12 bits per heavy atom. The molecule has 0 aromatic carbocycles. The summed E-state index contributed by atoms with van der Waals surface area (Å²) in [6.07, 6.45) is 4.79. The van der Waals surface area contributed by atoms with Crippen LogP contribution in [0.25, 0.3) is 0 Å². The van der Waals surface area contributed by atoms with Crippen molar-refractivity contribution in [3.8, 4) is 0 Å². The maximum Gasteiger partial charge on any atom is 0.226 e. The number of piperazine rings is 1. The molecule has 1 saturated carbocycles. The second kappa shape index (κ2) is 4.97. The van der Waals surface area contributed by atoms with Gasteiger partial charge in [-0.15, -0.1) is 0 Å². The molecule has 1 heterocycles. The van der Waals surface area contributed by atoms with E-state index in [1.165, 1.54) is 19.3 Å². The molecular formula is C14H26N2O. The number of carbonyl (C=O) groups is 1. The lowest BCUT2D eigenvalue weighted by atomic mass is 9.68. The summed E-state index contributed by atoms with van der Waals surface area (Å²) in [7, 11) is 0. The van der Waals surface area contributed by atoms with Crippen LogP contribution in [0.5, 0.6) is 0 Å². The van der Waals surface area contributed by atoms with Crippen molar-refractivity contribution in [3.63, 3.8) is 0 Å². The van der Waals surface area contributed by atoms with Gasteiger partial charge in [-0.1, -0.05) is 26.7 Å². The molecule has 2 fully saturated rings. The summed E-state index contributed by atoms with van der Waals surface area (Å²) in [5.41, 5.74) is 0.194. The van der Waals surface area contributed by atoms with E-state index < -0.39 is 0 Å². The predicted octanol–water partition coefficient (Wildman–Crippen LogP) is 2.02. The number of rotatable bonds is 1. The van der Waals surface area contributed by atoms with Gasteiger partial charge in [0, 0.05) is 31.6 Å². The molecule has 1 saturated heterocycles. The van der Waals surface area contributed by atoms with Crippen LogP contribution >= 0.6 is 0 Å². The van der Waals surface area contributed by atoms with Gasteiger partial charge in [-0.2, -0.15) is 0 Å². The van der Waals surface area contributed by atoms with Crippen LogP contribution in [0.3, 0.4) is 0 Å². The molecule has 1 amide bonds. The fourth-order valence-electron chi connectivity index (χ4n) is 3.32. The van der Waals surface area contributed by atoms with E-state index in [0.29, 0.717) is 11.9 Å². The second-order valence-corrected chi connectivity index (χ2v) is 6.37. The monoisotopic (exact) mass is 238 g/mol. The normalized spacial score (nSPS) is 33.5. The Labute approximate surface area is 105 Å². The lowest BCUT2D eigenvalue weighted by Gasteiger charge is -2.43. The molecule has 0 radical (unpaired) electrons. The highest BCUT2D eigenvalue weighted by molar-refractivity contribution is 5.80. The summed E-state index contributed by atoms with van der Waals surface area (Å²) >= 11 is 0. The minimum Gasteiger partial charge on any atom is -0.337 e. The Hall–Kier alpha value is -0.570. The van der Waals surface area contributed by atoms with Crippen LogP contribution in [0.2, 0.25) is 0 Å². The van der Waals surface area contributed by atoms with Gasteiger partial charge in [0.05, 0.1) is 0 Å². The van der Waals surface area contributed by atoms with Crippen molar-refractivity contribution in [1.29, 1.82) is 0 Å². The number of amides is 1. The van der Waals surface area contributed by atoms with Gasteiger partial charge in [-0.25, -0.2) is 0 Å². The average Bonchev–Trinajstić information content (AvgIpc) is 2.28. The molecule has 0 aromatic rings. The first kappa shape index (κ1) is 12.9. The number of carbonyl (C=O) groups excluding carboxylic acids is 1. The van der Waals surface area contributed by atoms with Gasteiger partial charge in [0.2, 0.25) is 5.91 Å². The zero-order valence-electron chi connectivity index (χ0n) is 11.5. The first-order chi connectivity index (χ1) is 8.02. The summed E-state index contributed by atoms with van der Waals surface area (Å²) < 4.78 is 0. The van der Waals surface area contributed by atoms with Gasteiger partial charge in [-0.05, 0) is 25.2 Å². The summed E-state index contributed by atoms with van der Waals surface area (Å²) in [4.78, 5) is 14.8. The third kappa shape index (κ3) is 2.65. The third-order valence-corrected chi connectivity index (χ3v) is 4.59. The topological polar surface area (TPSA) is 32.3 Å². The van der Waals surface area contributed by atoms with Gasteiger partial charge in [0.1, 0.15) is 0 Å². The molecule has 2 rings (SSSR count). The maximum absolute atomic E-state index is 12.7.